The molecular weight excluding hydrogens is 656 g/mol. The van der Waals surface area contributed by atoms with Gasteiger partial charge in [0.1, 0.15) is 6.54 Å². The minimum Gasteiger partial charge on any atom is -0.748 e. The largest absolute Gasteiger partial charge is 0.748 e. The van der Waals surface area contributed by atoms with Gasteiger partial charge in [0, 0.05) is 59.3 Å². The maximum absolute atomic E-state index is 12.0. The van der Waals surface area contributed by atoms with E-state index in [0.29, 0.717) is 13.0 Å². The van der Waals surface area contributed by atoms with Crippen molar-refractivity contribution < 1.29 is 30.5 Å². The number of hydrogen-bond acceptors (Lipinski definition) is 6. The molecule has 11 heteroatoms. The second-order valence-corrected chi connectivity index (χ2v) is 16.3. The van der Waals surface area contributed by atoms with Crippen molar-refractivity contribution in [3.05, 3.63) is 99.8 Å². The first-order chi connectivity index (χ1) is 22.2. The van der Waals surface area contributed by atoms with Gasteiger partial charge in [-0.05, 0) is 86.9 Å². The van der Waals surface area contributed by atoms with E-state index in [4.69, 9.17) is 11.6 Å². The Morgan fingerprint density at radius 3 is 2.51 bits per heavy atom. The Labute approximate surface area is 284 Å². The van der Waals surface area contributed by atoms with E-state index in [0.717, 1.165) is 78.2 Å². The van der Waals surface area contributed by atoms with Crippen molar-refractivity contribution in [3.63, 3.8) is 0 Å². The maximum Gasteiger partial charge on any atom is 0.294 e. The van der Waals surface area contributed by atoms with Gasteiger partial charge in [-0.25, -0.2) is 8.42 Å². The van der Waals surface area contributed by atoms with Crippen LogP contribution < -0.4 is 4.90 Å². The number of anilines is 1. The van der Waals surface area contributed by atoms with Gasteiger partial charge in [0.2, 0.25) is 5.69 Å². The van der Waals surface area contributed by atoms with Crippen molar-refractivity contribution in [2.75, 3.05) is 23.7 Å². The molecule has 0 radical (unpaired) electrons. The summed E-state index contributed by atoms with van der Waals surface area (Å²) < 4.78 is 69.3. The van der Waals surface area contributed by atoms with Crippen LogP contribution in [0.2, 0.25) is 0 Å². The number of para-hydroxylation sites is 1. The predicted molar refractivity (Wildman–Crippen MR) is 187 cm³/mol. The first kappa shape index (κ1) is 35.3. The number of unbranched alkanes of at least 4 members (excludes halogenated alkanes) is 2. The zero-order chi connectivity index (χ0) is 34.0. The van der Waals surface area contributed by atoms with Gasteiger partial charge in [-0.1, -0.05) is 55.3 Å². The Kier molecular flexibility index (Phi) is 10.7. The molecule has 5 rings (SSSR count). The van der Waals surface area contributed by atoms with Gasteiger partial charge in [0.25, 0.3) is 10.1 Å². The van der Waals surface area contributed by atoms with Crippen LogP contribution in [0.1, 0.15) is 76.8 Å². The lowest BCUT2D eigenvalue weighted by Crippen LogP contribution is -2.28. The van der Waals surface area contributed by atoms with Gasteiger partial charge < -0.3 is 9.45 Å². The molecule has 0 saturated heterocycles. The van der Waals surface area contributed by atoms with E-state index in [1.54, 1.807) is 6.07 Å². The van der Waals surface area contributed by atoms with Crippen LogP contribution in [0.4, 0.5) is 11.4 Å². The average molecular weight is 699 g/mol. The van der Waals surface area contributed by atoms with E-state index in [1.807, 2.05) is 30.6 Å². The topological polar surface area (TPSA) is 118 Å². The molecule has 0 atom stereocenters. The number of halogens is 1. The molecule has 2 aromatic carbocycles. The molecule has 0 aromatic heterocycles. The summed E-state index contributed by atoms with van der Waals surface area (Å²) >= 11 is 7.05. The normalized spacial score (nSPS) is 19.8. The standard InChI is InChI=1S/C36H43ClN2O6S2/c1-4-5-21-38-29(24-28-11-6-7-14-32(28)38)17-15-26-12-10-13-27(35(26)37)16-20-34-36(2,3)31-25-30(47(43,44)45)18-19-33(31)39(34)22-8-9-23-46(40,41)42/h6-7,11,14-20,25H,4-5,8-10,12-13,21-24H2,1-3H3,(H-,40,41,42,43,44,45). The smallest absolute Gasteiger partial charge is 0.294 e. The van der Waals surface area contributed by atoms with Crippen molar-refractivity contribution in [2.45, 2.75) is 82.4 Å². The Morgan fingerprint density at radius 1 is 1.02 bits per heavy atom. The Balaban J connectivity index is 1.46. The minimum absolute atomic E-state index is 0.187. The minimum atomic E-state index is -4.41. The van der Waals surface area contributed by atoms with E-state index in [-0.39, 0.29) is 11.3 Å². The summed E-state index contributed by atoms with van der Waals surface area (Å²) in [5, 5.41) is 0.731. The molecule has 47 heavy (non-hydrogen) atoms. The molecule has 2 aromatic rings. The lowest BCUT2D eigenvalue weighted by atomic mass is 9.81. The van der Waals surface area contributed by atoms with Crippen LogP contribution in [-0.4, -0.2) is 55.1 Å². The fourth-order valence-electron chi connectivity index (χ4n) is 6.79. The highest BCUT2D eigenvalue weighted by Gasteiger charge is 2.45. The molecule has 0 saturated carbocycles. The first-order valence-electron chi connectivity index (χ1n) is 16.2. The third-order valence-corrected chi connectivity index (χ3v) is 11.4. The number of benzene rings is 2. The Morgan fingerprint density at radius 2 is 1.79 bits per heavy atom. The Bertz CT molecular complexity index is 1920. The molecule has 0 unspecified atom stereocenters. The van der Waals surface area contributed by atoms with Crippen LogP contribution >= 0.6 is 11.6 Å². The fraction of sp³-hybridized carbons (Fsp3) is 0.417. The highest BCUT2D eigenvalue weighted by molar-refractivity contribution is 7.86. The fourth-order valence-corrected chi connectivity index (χ4v) is 8.17. The maximum atomic E-state index is 12.0. The summed E-state index contributed by atoms with van der Waals surface area (Å²) in [4.78, 5) is 2.23. The van der Waals surface area contributed by atoms with Crippen LogP contribution in [0, 0.1) is 0 Å². The van der Waals surface area contributed by atoms with E-state index >= 15 is 0 Å². The van der Waals surface area contributed by atoms with Crippen molar-refractivity contribution in [1.82, 2.24) is 0 Å². The van der Waals surface area contributed by atoms with Gasteiger partial charge in [-0.3, -0.25) is 4.55 Å². The molecule has 0 amide bonds. The van der Waals surface area contributed by atoms with Gasteiger partial charge >= 0.3 is 0 Å². The van der Waals surface area contributed by atoms with Crippen molar-refractivity contribution in [3.8, 4) is 0 Å². The molecule has 0 fully saturated rings. The molecule has 0 spiro atoms. The number of nitrogens with zero attached hydrogens (tertiary/aromatic N) is 2. The number of fused-ring (bicyclic) bond motifs is 2. The molecule has 1 N–H and O–H groups in total. The van der Waals surface area contributed by atoms with E-state index < -0.39 is 31.4 Å². The average Bonchev–Trinajstić information content (AvgIpc) is 3.46. The lowest BCUT2D eigenvalue weighted by Gasteiger charge is -2.21. The highest BCUT2D eigenvalue weighted by atomic mass is 35.5. The van der Waals surface area contributed by atoms with Crippen LogP contribution in [-0.2, 0) is 32.1 Å². The van der Waals surface area contributed by atoms with Crippen LogP contribution in [0.25, 0.3) is 0 Å². The summed E-state index contributed by atoms with van der Waals surface area (Å²) in [6.07, 6.45) is 14.8. The second kappa shape index (κ2) is 14.2. The Hall–Kier alpha value is -3.02. The van der Waals surface area contributed by atoms with Crippen molar-refractivity contribution in [1.29, 1.82) is 0 Å². The molecule has 2 aliphatic heterocycles. The number of rotatable bonds is 12. The van der Waals surface area contributed by atoms with Gasteiger partial charge in [0.15, 0.2) is 5.71 Å². The van der Waals surface area contributed by atoms with Gasteiger partial charge in [-0.15, -0.1) is 0 Å². The molecule has 3 aliphatic rings. The monoisotopic (exact) mass is 698 g/mol. The summed E-state index contributed by atoms with van der Waals surface area (Å²) in [5.74, 6) is -0.444. The summed E-state index contributed by atoms with van der Waals surface area (Å²) in [6.45, 7) is 7.58. The van der Waals surface area contributed by atoms with Crippen LogP contribution in [0.15, 0.2) is 93.5 Å². The number of allylic oxidation sites excluding steroid dienone is 8. The predicted octanol–water partition coefficient (Wildman–Crippen LogP) is 7.54. The molecular formula is C36H43ClN2O6S2. The summed E-state index contributed by atoms with van der Waals surface area (Å²) in [7, 11) is -8.73. The van der Waals surface area contributed by atoms with E-state index in [1.165, 1.54) is 29.1 Å². The molecule has 1 aliphatic carbocycles. The summed E-state index contributed by atoms with van der Waals surface area (Å²) in [6, 6.07) is 13.1. The molecule has 2 heterocycles. The van der Waals surface area contributed by atoms with E-state index in [2.05, 4.69) is 48.2 Å². The zero-order valence-electron chi connectivity index (χ0n) is 27.2. The highest BCUT2D eigenvalue weighted by Crippen LogP contribution is 2.42. The quantitative estimate of drug-likeness (QED) is 0.138. The van der Waals surface area contributed by atoms with Crippen LogP contribution in [0.3, 0.4) is 0 Å². The zero-order valence-corrected chi connectivity index (χ0v) is 29.6. The van der Waals surface area contributed by atoms with Gasteiger partial charge in [-0.2, -0.15) is 13.0 Å². The van der Waals surface area contributed by atoms with Crippen molar-refractivity contribution in [2.24, 2.45) is 0 Å². The SMILES string of the molecule is CCCCN1/C(=C/C=C2\CCCC(/C=C/C3=[N+](CCCCS(=O)(=O)[O-])c4ccc(S(=O)(=O)O)cc4C3(C)C)=C2Cl)Cc2ccccc21. The second-order valence-electron chi connectivity index (χ2n) is 13.0. The van der Waals surface area contributed by atoms with Crippen molar-refractivity contribution >= 4 is 48.9 Å². The van der Waals surface area contributed by atoms with Gasteiger partial charge in [0.05, 0.1) is 20.4 Å². The molecule has 0 bridgehead atoms. The van der Waals surface area contributed by atoms with E-state index in [9.17, 15) is 25.9 Å². The summed E-state index contributed by atoms with van der Waals surface area (Å²) in [5.41, 5.74) is 7.72. The first-order valence-corrected chi connectivity index (χ1v) is 19.6. The molecule has 252 valence electrons. The van der Waals surface area contributed by atoms with Crippen LogP contribution in [0.5, 0.6) is 0 Å². The molecule has 8 nitrogen and oxygen atoms in total. The lowest BCUT2D eigenvalue weighted by molar-refractivity contribution is -0.438. The third kappa shape index (κ3) is 8.00. The number of hydrogen-bond donors (Lipinski definition) is 1. The third-order valence-electron chi connectivity index (χ3n) is 9.30.